The highest BCUT2D eigenvalue weighted by Crippen LogP contribution is 2.27. The highest BCUT2D eigenvalue weighted by molar-refractivity contribution is 9.10. The Kier molecular flexibility index (Phi) is 3.86. The molecule has 1 aromatic heterocycles. The summed E-state index contributed by atoms with van der Waals surface area (Å²) in [7, 11) is 3.60. The molecule has 1 heterocycles. The van der Waals surface area contributed by atoms with Gasteiger partial charge in [-0.25, -0.2) is 0 Å². The molecule has 0 bridgehead atoms. The van der Waals surface area contributed by atoms with Crippen molar-refractivity contribution in [3.05, 3.63) is 34.3 Å². The van der Waals surface area contributed by atoms with Crippen LogP contribution in [0.2, 0.25) is 0 Å². The van der Waals surface area contributed by atoms with Crippen LogP contribution in [-0.2, 0) is 13.6 Å². The molecule has 0 amide bonds. The smallest absolute Gasteiger partial charge is 0.152 e. The second-order valence-electron chi connectivity index (χ2n) is 3.93. The molecule has 6 heteroatoms. The summed E-state index contributed by atoms with van der Waals surface area (Å²) in [5, 5.41) is 11.4. The highest BCUT2D eigenvalue weighted by atomic mass is 79.9. The number of hydrogen-bond donors (Lipinski definition) is 1. The number of nitrogens with zero attached hydrogens (tertiary/aromatic N) is 3. The molecule has 0 atom stereocenters. The van der Waals surface area contributed by atoms with E-state index in [1.807, 2.05) is 36.7 Å². The Morgan fingerprint density at radius 3 is 2.72 bits per heavy atom. The quantitative estimate of drug-likeness (QED) is 0.942. The fraction of sp³-hybridized carbons (Fsp3) is 0.333. The lowest BCUT2D eigenvalue weighted by Gasteiger charge is -2.08. The first kappa shape index (κ1) is 12.9. The van der Waals surface area contributed by atoms with E-state index in [2.05, 4.69) is 31.4 Å². The summed E-state index contributed by atoms with van der Waals surface area (Å²) in [4.78, 5) is 0. The number of anilines is 1. The lowest BCUT2D eigenvalue weighted by Crippen LogP contribution is -2.06. The minimum absolute atomic E-state index is 0.635. The van der Waals surface area contributed by atoms with Gasteiger partial charge >= 0.3 is 0 Å². The molecule has 1 N–H and O–H groups in total. The molecular formula is C12H15BrN4O. The monoisotopic (exact) mass is 310 g/mol. The number of ether oxygens (including phenoxy) is 1. The van der Waals surface area contributed by atoms with Crippen LogP contribution < -0.4 is 10.1 Å². The van der Waals surface area contributed by atoms with E-state index in [1.54, 1.807) is 7.11 Å². The molecule has 1 aromatic carbocycles. The van der Waals surface area contributed by atoms with Crippen LogP contribution in [0.1, 0.15) is 11.6 Å². The highest BCUT2D eigenvalue weighted by Gasteiger charge is 2.05. The van der Waals surface area contributed by atoms with Crippen LogP contribution in [0.3, 0.4) is 0 Å². The number of aryl methyl sites for hydroxylation is 1. The van der Waals surface area contributed by atoms with Gasteiger partial charge < -0.3 is 14.6 Å². The van der Waals surface area contributed by atoms with Crippen molar-refractivity contribution in [1.29, 1.82) is 0 Å². The Morgan fingerprint density at radius 2 is 2.17 bits per heavy atom. The van der Waals surface area contributed by atoms with E-state index in [0.717, 1.165) is 27.6 Å². The minimum atomic E-state index is 0.635. The Balaban J connectivity index is 2.06. The molecule has 0 aliphatic rings. The number of hydrogen-bond acceptors (Lipinski definition) is 4. The van der Waals surface area contributed by atoms with Crippen LogP contribution in [0.15, 0.2) is 22.7 Å². The number of nitrogens with one attached hydrogen (secondary N) is 1. The summed E-state index contributed by atoms with van der Waals surface area (Å²) in [6.45, 7) is 2.57. The van der Waals surface area contributed by atoms with E-state index >= 15 is 0 Å². The molecule has 0 aliphatic heterocycles. The molecule has 2 rings (SSSR count). The van der Waals surface area contributed by atoms with E-state index in [0.29, 0.717) is 6.54 Å². The summed E-state index contributed by atoms with van der Waals surface area (Å²) in [6, 6.07) is 5.85. The van der Waals surface area contributed by atoms with Crippen molar-refractivity contribution < 1.29 is 4.74 Å². The first-order valence-electron chi connectivity index (χ1n) is 5.54. The van der Waals surface area contributed by atoms with Gasteiger partial charge in [0.1, 0.15) is 11.6 Å². The van der Waals surface area contributed by atoms with E-state index in [9.17, 15) is 0 Å². The van der Waals surface area contributed by atoms with Crippen molar-refractivity contribution in [1.82, 2.24) is 14.8 Å². The lowest BCUT2D eigenvalue weighted by molar-refractivity contribution is 0.412. The molecule has 0 aliphatic carbocycles. The summed E-state index contributed by atoms with van der Waals surface area (Å²) in [5.74, 6) is 2.62. The van der Waals surface area contributed by atoms with Gasteiger partial charge in [0.2, 0.25) is 0 Å². The van der Waals surface area contributed by atoms with Crippen LogP contribution in [-0.4, -0.2) is 21.9 Å². The SMILES string of the molecule is COc1ccc(NCc2nnc(C)n2C)cc1Br. The Labute approximate surface area is 114 Å². The third-order valence-corrected chi connectivity index (χ3v) is 3.40. The molecule has 96 valence electrons. The van der Waals surface area contributed by atoms with Gasteiger partial charge in [0.15, 0.2) is 5.82 Å². The van der Waals surface area contributed by atoms with Gasteiger partial charge in [-0.1, -0.05) is 0 Å². The number of methoxy groups -OCH3 is 1. The zero-order valence-corrected chi connectivity index (χ0v) is 12.2. The Hall–Kier alpha value is -1.56. The predicted octanol–water partition coefficient (Wildman–Crippen LogP) is 2.51. The van der Waals surface area contributed by atoms with Crippen LogP contribution in [0, 0.1) is 6.92 Å². The summed E-state index contributed by atoms with van der Waals surface area (Å²) < 4.78 is 8.07. The van der Waals surface area contributed by atoms with E-state index in [4.69, 9.17) is 4.74 Å². The third kappa shape index (κ3) is 2.64. The van der Waals surface area contributed by atoms with Gasteiger partial charge in [-0.15, -0.1) is 10.2 Å². The normalized spacial score (nSPS) is 10.4. The molecule has 5 nitrogen and oxygen atoms in total. The molecular weight excluding hydrogens is 296 g/mol. The molecule has 0 saturated heterocycles. The Morgan fingerprint density at radius 1 is 1.39 bits per heavy atom. The first-order chi connectivity index (χ1) is 8.61. The van der Waals surface area contributed by atoms with Gasteiger partial charge in [-0.05, 0) is 41.1 Å². The molecule has 0 unspecified atom stereocenters. The van der Waals surface area contributed by atoms with Crippen LogP contribution in [0.25, 0.3) is 0 Å². The van der Waals surface area contributed by atoms with Crippen LogP contribution >= 0.6 is 15.9 Å². The number of rotatable bonds is 4. The van der Waals surface area contributed by atoms with Gasteiger partial charge in [0, 0.05) is 12.7 Å². The van der Waals surface area contributed by atoms with Gasteiger partial charge in [0.05, 0.1) is 18.1 Å². The maximum Gasteiger partial charge on any atom is 0.152 e. The molecule has 0 saturated carbocycles. The van der Waals surface area contributed by atoms with E-state index < -0.39 is 0 Å². The van der Waals surface area contributed by atoms with Gasteiger partial charge in [0.25, 0.3) is 0 Å². The molecule has 0 spiro atoms. The molecule has 2 aromatic rings. The minimum Gasteiger partial charge on any atom is -0.496 e. The fourth-order valence-electron chi connectivity index (χ4n) is 1.56. The lowest BCUT2D eigenvalue weighted by atomic mass is 10.3. The van der Waals surface area contributed by atoms with Crippen molar-refractivity contribution in [3.63, 3.8) is 0 Å². The predicted molar refractivity (Wildman–Crippen MR) is 73.8 cm³/mol. The van der Waals surface area contributed by atoms with Crippen molar-refractivity contribution in [2.24, 2.45) is 7.05 Å². The third-order valence-electron chi connectivity index (χ3n) is 2.79. The van der Waals surface area contributed by atoms with Crippen molar-refractivity contribution in [2.45, 2.75) is 13.5 Å². The van der Waals surface area contributed by atoms with Crippen LogP contribution in [0.4, 0.5) is 5.69 Å². The van der Waals surface area contributed by atoms with E-state index in [-0.39, 0.29) is 0 Å². The summed E-state index contributed by atoms with van der Waals surface area (Å²) in [6.07, 6.45) is 0. The topological polar surface area (TPSA) is 52.0 Å². The molecule has 18 heavy (non-hydrogen) atoms. The van der Waals surface area contributed by atoms with Crippen molar-refractivity contribution in [3.8, 4) is 5.75 Å². The zero-order chi connectivity index (χ0) is 13.1. The molecule has 0 radical (unpaired) electrons. The largest absolute Gasteiger partial charge is 0.496 e. The van der Waals surface area contributed by atoms with E-state index in [1.165, 1.54) is 0 Å². The van der Waals surface area contributed by atoms with Crippen LogP contribution in [0.5, 0.6) is 5.75 Å². The average Bonchev–Trinajstić information content (AvgIpc) is 2.68. The number of benzene rings is 1. The van der Waals surface area contributed by atoms with Crippen molar-refractivity contribution >= 4 is 21.6 Å². The van der Waals surface area contributed by atoms with Crippen molar-refractivity contribution in [2.75, 3.05) is 12.4 Å². The standard InChI is InChI=1S/C12H15BrN4O/c1-8-15-16-12(17(8)2)7-14-9-4-5-11(18-3)10(13)6-9/h4-6,14H,7H2,1-3H3. The Bertz CT molecular complexity index is 553. The second-order valence-corrected chi connectivity index (χ2v) is 4.78. The first-order valence-corrected chi connectivity index (χ1v) is 6.33. The molecule has 0 fully saturated rings. The fourth-order valence-corrected chi connectivity index (χ4v) is 2.10. The number of aromatic nitrogens is 3. The summed E-state index contributed by atoms with van der Waals surface area (Å²) >= 11 is 3.45. The second kappa shape index (κ2) is 5.39. The van der Waals surface area contributed by atoms with Gasteiger partial charge in [-0.3, -0.25) is 0 Å². The zero-order valence-electron chi connectivity index (χ0n) is 10.6. The summed E-state index contributed by atoms with van der Waals surface area (Å²) in [5.41, 5.74) is 1.00. The maximum atomic E-state index is 5.18. The average molecular weight is 311 g/mol. The van der Waals surface area contributed by atoms with Gasteiger partial charge in [-0.2, -0.15) is 0 Å². The number of halogens is 1. The maximum absolute atomic E-state index is 5.18.